The van der Waals surface area contributed by atoms with E-state index in [0.29, 0.717) is 18.0 Å². The molecule has 6 nitrogen and oxygen atoms in total. The van der Waals surface area contributed by atoms with Crippen molar-refractivity contribution >= 4 is 16.9 Å². The lowest BCUT2D eigenvalue weighted by Crippen LogP contribution is -2.54. The molecule has 2 aromatic rings. The van der Waals surface area contributed by atoms with E-state index in [1.54, 1.807) is 6.33 Å². The number of anilines is 1. The lowest BCUT2D eigenvalue weighted by atomic mass is 9.83. The molecular formula is C21H33N5O. The predicted octanol–water partition coefficient (Wildman–Crippen LogP) is 3.71. The number of rotatable bonds is 6. The summed E-state index contributed by atoms with van der Waals surface area (Å²) in [6.07, 6.45) is 9.98. The number of aryl methyl sites for hydroxylation is 1. The van der Waals surface area contributed by atoms with Crippen molar-refractivity contribution < 1.29 is 5.11 Å². The van der Waals surface area contributed by atoms with Gasteiger partial charge in [-0.1, -0.05) is 27.2 Å². The molecular weight excluding hydrogens is 338 g/mol. The lowest BCUT2D eigenvalue weighted by molar-refractivity contribution is 0.0925. The fraction of sp³-hybridized carbons (Fsp3) is 0.762. The van der Waals surface area contributed by atoms with E-state index in [9.17, 15) is 5.11 Å². The van der Waals surface area contributed by atoms with Crippen molar-refractivity contribution in [3.8, 4) is 0 Å². The maximum Gasteiger partial charge on any atom is 0.163 e. The molecule has 2 aliphatic rings. The molecule has 0 spiro atoms. The number of hydrogen-bond acceptors (Lipinski definition) is 5. The average Bonchev–Trinajstić information content (AvgIpc) is 2.96. The van der Waals surface area contributed by atoms with Crippen LogP contribution < -0.4 is 4.90 Å². The largest absolute Gasteiger partial charge is 0.393 e. The second-order valence-corrected chi connectivity index (χ2v) is 8.79. The van der Waals surface area contributed by atoms with Crippen LogP contribution in [0.4, 0.5) is 5.82 Å². The Morgan fingerprint density at radius 3 is 2.59 bits per heavy atom. The molecule has 6 heteroatoms. The fourth-order valence-electron chi connectivity index (χ4n) is 4.95. The van der Waals surface area contributed by atoms with E-state index in [1.165, 1.54) is 6.42 Å². The normalized spacial score (nSPS) is 25.5. The van der Waals surface area contributed by atoms with E-state index in [0.717, 1.165) is 74.0 Å². The lowest BCUT2D eigenvalue weighted by Gasteiger charge is -2.48. The Morgan fingerprint density at radius 2 is 1.93 bits per heavy atom. The number of fused-ring (bicyclic) bond motifs is 3. The molecule has 1 N–H and O–H groups in total. The van der Waals surface area contributed by atoms with Gasteiger partial charge in [0.1, 0.15) is 12.1 Å². The van der Waals surface area contributed by atoms with Gasteiger partial charge >= 0.3 is 0 Å². The van der Waals surface area contributed by atoms with Crippen LogP contribution in [0.1, 0.15) is 71.4 Å². The summed E-state index contributed by atoms with van der Waals surface area (Å²) in [6.45, 7) is 7.60. The first-order chi connectivity index (χ1) is 13.1. The average molecular weight is 372 g/mol. The first-order valence-electron chi connectivity index (χ1n) is 10.7. The Labute approximate surface area is 162 Å². The smallest absolute Gasteiger partial charge is 0.163 e. The van der Waals surface area contributed by atoms with Crippen LogP contribution in [0, 0.1) is 5.92 Å². The van der Waals surface area contributed by atoms with Gasteiger partial charge in [0.15, 0.2) is 5.65 Å². The molecule has 27 heavy (non-hydrogen) atoms. The maximum atomic E-state index is 10.3. The number of aliphatic hydroxyl groups excluding tert-OH is 1. The Morgan fingerprint density at radius 1 is 1.19 bits per heavy atom. The molecule has 4 rings (SSSR count). The number of aromatic nitrogens is 4. The minimum Gasteiger partial charge on any atom is -0.393 e. The fourth-order valence-corrected chi connectivity index (χ4v) is 4.95. The second-order valence-electron chi connectivity index (χ2n) is 8.79. The molecule has 3 atom stereocenters. The zero-order valence-corrected chi connectivity index (χ0v) is 16.9. The molecule has 1 unspecified atom stereocenters. The van der Waals surface area contributed by atoms with Gasteiger partial charge in [0.25, 0.3) is 0 Å². The van der Waals surface area contributed by atoms with Crippen molar-refractivity contribution in [2.24, 2.45) is 5.92 Å². The SMILES string of the molecule is CCCCn1nc(CC(C)C)c2c(N3[C@@H]4CCC[C@H]3CC(O)C4)ncnc21. The molecule has 2 saturated heterocycles. The van der Waals surface area contributed by atoms with Crippen molar-refractivity contribution in [1.29, 1.82) is 0 Å². The third kappa shape index (κ3) is 3.56. The molecule has 0 radical (unpaired) electrons. The summed E-state index contributed by atoms with van der Waals surface area (Å²) in [7, 11) is 0. The molecule has 2 aliphatic heterocycles. The van der Waals surface area contributed by atoms with Gasteiger partial charge in [-0.3, -0.25) is 0 Å². The highest BCUT2D eigenvalue weighted by atomic mass is 16.3. The van der Waals surface area contributed by atoms with Crippen LogP contribution in [-0.4, -0.2) is 43.0 Å². The van der Waals surface area contributed by atoms with Gasteiger partial charge in [-0.15, -0.1) is 0 Å². The van der Waals surface area contributed by atoms with Crippen molar-refractivity contribution in [2.45, 2.75) is 96.9 Å². The van der Waals surface area contributed by atoms with Crippen molar-refractivity contribution in [1.82, 2.24) is 19.7 Å². The van der Waals surface area contributed by atoms with E-state index >= 15 is 0 Å². The monoisotopic (exact) mass is 371 g/mol. The molecule has 0 saturated carbocycles. The standard InChI is InChI=1S/C21H33N5O/c1-4-5-9-25-20-19(18(24-25)10-14(2)3)21(23-13-22-20)26-15-7-6-8-16(26)12-17(27)11-15/h13-17,27H,4-12H2,1-3H3/t15-,16+,17?. The van der Waals surface area contributed by atoms with Gasteiger partial charge in [0, 0.05) is 18.6 Å². The molecule has 2 bridgehead atoms. The summed E-state index contributed by atoms with van der Waals surface area (Å²) >= 11 is 0. The molecule has 0 aliphatic carbocycles. The Kier molecular flexibility index (Phi) is 5.35. The minimum atomic E-state index is -0.170. The molecule has 0 aromatic carbocycles. The van der Waals surface area contributed by atoms with Crippen LogP contribution in [0.5, 0.6) is 0 Å². The Hall–Kier alpha value is -1.69. The highest BCUT2D eigenvalue weighted by molar-refractivity contribution is 5.90. The third-order valence-corrected chi connectivity index (χ3v) is 6.10. The number of piperidine rings is 2. The first kappa shape index (κ1) is 18.7. The topological polar surface area (TPSA) is 67.1 Å². The van der Waals surface area contributed by atoms with Crippen LogP contribution >= 0.6 is 0 Å². The quantitative estimate of drug-likeness (QED) is 0.838. The number of nitrogens with zero attached hydrogens (tertiary/aromatic N) is 5. The van der Waals surface area contributed by atoms with Crippen molar-refractivity contribution in [2.75, 3.05) is 4.90 Å². The number of unbranched alkanes of at least 4 members (excludes halogenated alkanes) is 1. The van der Waals surface area contributed by atoms with E-state index in [-0.39, 0.29) is 6.10 Å². The molecule has 4 heterocycles. The maximum absolute atomic E-state index is 10.3. The zero-order valence-electron chi connectivity index (χ0n) is 16.9. The van der Waals surface area contributed by atoms with E-state index in [4.69, 9.17) is 10.1 Å². The minimum absolute atomic E-state index is 0.170. The van der Waals surface area contributed by atoms with Crippen molar-refractivity contribution in [3.63, 3.8) is 0 Å². The van der Waals surface area contributed by atoms with Gasteiger partial charge in [0.2, 0.25) is 0 Å². The molecule has 0 amide bonds. The van der Waals surface area contributed by atoms with Gasteiger partial charge in [0.05, 0.1) is 17.2 Å². The van der Waals surface area contributed by atoms with E-state index in [1.807, 2.05) is 0 Å². The summed E-state index contributed by atoms with van der Waals surface area (Å²) in [6, 6.07) is 0.771. The third-order valence-electron chi connectivity index (χ3n) is 6.10. The summed E-state index contributed by atoms with van der Waals surface area (Å²) < 4.78 is 2.09. The Bertz CT molecular complexity index is 772. The zero-order chi connectivity index (χ0) is 19.0. The van der Waals surface area contributed by atoms with Crippen LogP contribution in [0.25, 0.3) is 11.0 Å². The van der Waals surface area contributed by atoms with E-state index in [2.05, 4.69) is 35.3 Å². The summed E-state index contributed by atoms with van der Waals surface area (Å²) in [5.41, 5.74) is 2.11. The van der Waals surface area contributed by atoms with E-state index < -0.39 is 0 Å². The van der Waals surface area contributed by atoms with Gasteiger partial charge in [-0.25, -0.2) is 14.6 Å². The summed E-state index contributed by atoms with van der Waals surface area (Å²) in [5.74, 6) is 1.60. The second kappa shape index (κ2) is 7.74. The highest BCUT2D eigenvalue weighted by Crippen LogP contribution is 2.40. The first-order valence-corrected chi connectivity index (χ1v) is 10.7. The number of hydrogen-bond donors (Lipinski definition) is 1. The number of aliphatic hydroxyl groups is 1. The van der Waals surface area contributed by atoms with Gasteiger partial charge in [-0.05, 0) is 50.9 Å². The molecule has 2 aromatic heterocycles. The summed E-state index contributed by atoms with van der Waals surface area (Å²) in [5, 5.41) is 16.4. The van der Waals surface area contributed by atoms with Crippen LogP contribution in [0.3, 0.4) is 0 Å². The van der Waals surface area contributed by atoms with Crippen LogP contribution in [0.15, 0.2) is 6.33 Å². The van der Waals surface area contributed by atoms with Crippen LogP contribution in [-0.2, 0) is 13.0 Å². The predicted molar refractivity (Wildman–Crippen MR) is 108 cm³/mol. The van der Waals surface area contributed by atoms with Gasteiger partial charge in [-0.2, -0.15) is 5.10 Å². The summed E-state index contributed by atoms with van der Waals surface area (Å²) in [4.78, 5) is 11.9. The van der Waals surface area contributed by atoms with Gasteiger partial charge < -0.3 is 10.0 Å². The molecule has 2 fully saturated rings. The van der Waals surface area contributed by atoms with Crippen LogP contribution in [0.2, 0.25) is 0 Å². The molecule has 148 valence electrons. The van der Waals surface area contributed by atoms with Crippen molar-refractivity contribution in [3.05, 3.63) is 12.0 Å². The highest BCUT2D eigenvalue weighted by Gasteiger charge is 2.39. The Balaban J connectivity index is 1.81.